The molecule has 0 atom stereocenters. The van der Waals surface area contributed by atoms with Gasteiger partial charge in [-0.05, 0) is 6.26 Å². The van der Waals surface area contributed by atoms with Gasteiger partial charge in [0.1, 0.15) is 0 Å². The second-order valence-corrected chi connectivity index (χ2v) is 3.98. The Labute approximate surface area is 97.1 Å². The molecule has 4 nitrogen and oxygen atoms in total. The lowest BCUT2D eigenvalue weighted by molar-refractivity contribution is 0.763. The SMILES string of the molecule is CSc1nc(-c2ccccc2)cc(=O)n1N. The van der Waals surface area contributed by atoms with E-state index in [4.69, 9.17) is 5.84 Å². The van der Waals surface area contributed by atoms with E-state index in [1.807, 2.05) is 36.6 Å². The molecule has 2 aromatic rings. The quantitative estimate of drug-likeness (QED) is 0.483. The summed E-state index contributed by atoms with van der Waals surface area (Å²) in [4.78, 5) is 15.9. The van der Waals surface area contributed by atoms with Crippen LogP contribution in [0.5, 0.6) is 0 Å². The summed E-state index contributed by atoms with van der Waals surface area (Å²) in [5.74, 6) is 5.56. The minimum atomic E-state index is -0.252. The van der Waals surface area contributed by atoms with Gasteiger partial charge in [-0.2, -0.15) is 0 Å². The van der Waals surface area contributed by atoms with Gasteiger partial charge in [-0.1, -0.05) is 42.1 Å². The molecule has 0 unspecified atom stereocenters. The van der Waals surface area contributed by atoms with E-state index in [0.29, 0.717) is 10.9 Å². The Morgan fingerprint density at radius 2 is 2.00 bits per heavy atom. The van der Waals surface area contributed by atoms with E-state index >= 15 is 0 Å². The van der Waals surface area contributed by atoms with Crippen LogP contribution in [0.25, 0.3) is 11.3 Å². The number of hydrogen-bond donors (Lipinski definition) is 1. The molecule has 0 amide bonds. The lowest BCUT2D eigenvalue weighted by Crippen LogP contribution is -2.29. The monoisotopic (exact) mass is 233 g/mol. The highest BCUT2D eigenvalue weighted by molar-refractivity contribution is 7.98. The number of hydrogen-bond acceptors (Lipinski definition) is 4. The molecule has 1 aromatic carbocycles. The highest BCUT2D eigenvalue weighted by Crippen LogP contribution is 2.17. The zero-order chi connectivity index (χ0) is 11.5. The molecule has 0 aliphatic heterocycles. The highest BCUT2D eigenvalue weighted by Gasteiger charge is 2.06. The van der Waals surface area contributed by atoms with Crippen LogP contribution in [0.2, 0.25) is 0 Å². The predicted octanol–water partition coefficient (Wildman–Crippen LogP) is 1.35. The Bertz CT molecular complexity index is 551. The molecular weight excluding hydrogens is 222 g/mol. The average molecular weight is 233 g/mol. The smallest absolute Gasteiger partial charge is 0.273 e. The fourth-order valence-corrected chi connectivity index (χ4v) is 1.85. The summed E-state index contributed by atoms with van der Waals surface area (Å²) in [6, 6.07) is 11.0. The third kappa shape index (κ3) is 1.94. The first kappa shape index (κ1) is 10.8. The molecule has 1 aromatic heterocycles. The molecule has 0 aliphatic carbocycles. The molecule has 2 rings (SSSR count). The van der Waals surface area contributed by atoms with Gasteiger partial charge in [0.2, 0.25) is 0 Å². The van der Waals surface area contributed by atoms with Crippen LogP contribution in [0, 0.1) is 0 Å². The molecule has 0 fully saturated rings. The van der Waals surface area contributed by atoms with Crippen molar-refractivity contribution in [3.8, 4) is 11.3 Å². The van der Waals surface area contributed by atoms with Crippen LogP contribution in [0.3, 0.4) is 0 Å². The first-order valence-corrected chi connectivity index (χ1v) is 5.93. The number of nitrogens with zero attached hydrogens (tertiary/aromatic N) is 2. The van der Waals surface area contributed by atoms with Gasteiger partial charge in [-0.15, -0.1) is 0 Å². The molecule has 0 saturated heterocycles. The summed E-state index contributed by atoms with van der Waals surface area (Å²) in [6.07, 6.45) is 1.83. The largest absolute Gasteiger partial charge is 0.334 e. The van der Waals surface area contributed by atoms with Crippen molar-refractivity contribution in [3.63, 3.8) is 0 Å². The number of rotatable bonds is 2. The third-order valence-corrected chi connectivity index (χ3v) is 2.83. The van der Waals surface area contributed by atoms with Gasteiger partial charge in [0.15, 0.2) is 5.16 Å². The summed E-state index contributed by atoms with van der Waals surface area (Å²) >= 11 is 1.35. The van der Waals surface area contributed by atoms with Crippen molar-refractivity contribution in [2.24, 2.45) is 0 Å². The number of aromatic nitrogens is 2. The number of benzene rings is 1. The average Bonchev–Trinajstić information content (AvgIpc) is 2.33. The number of thioether (sulfide) groups is 1. The van der Waals surface area contributed by atoms with E-state index in [2.05, 4.69) is 4.98 Å². The van der Waals surface area contributed by atoms with E-state index in [0.717, 1.165) is 10.2 Å². The maximum absolute atomic E-state index is 11.6. The summed E-state index contributed by atoms with van der Waals surface area (Å²) in [5.41, 5.74) is 1.31. The molecule has 16 heavy (non-hydrogen) atoms. The van der Waals surface area contributed by atoms with Crippen LogP contribution in [-0.4, -0.2) is 15.9 Å². The van der Waals surface area contributed by atoms with E-state index in [1.54, 1.807) is 0 Å². The van der Waals surface area contributed by atoms with E-state index in [-0.39, 0.29) is 5.56 Å². The van der Waals surface area contributed by atoms with E-state index in [1.165, 1.54) is 17.8 Å². The molecule has 5 heteroatoms. The summed E-state index contributed by atoms with van der Waals surface area (Å²) in [7, 11) is 0. The normalized spacial score (nSPS) is 10.3. The van der Waals surface area contributed by atoms with Gasteiger partial charge in [0.25, 0.3) is 5.56 Å². The molecule has 0 saturated carbocycles. The summed E-state index contributed by atoms with van der Waals surface area (Å²) in [5, 5.41) is 0.506. The van der Waals surface area contributed by atoms with Crippen LogP contribution in [0.15, 0.2) is 46.3 Å². The van der Waals surface area contributed by atoms with Crippen LogP contribution < -0.4 is 11.4 Å². The molecular formula is C11H11N3OS. The van der Waals surface area contributed by atoms with Crippen molar-refractivity contribution in [3.05, 3.63) is 46.8 Å². The zero-order valence-electron chi connectivity index (χ0n) is 8.75. The Morgan fingerprint density at radius 1 is 1.31 bits per heavy atom. The minimum absolute atomic E-state index is 0.252. The van der Waals surface area contributed by atoms with E-state index in [9.17, 15) is 4.79 Å². The Kier molecular flexibility index (Phi) is 2.96. The first-order valence-electron chi connectivity index (χ1n) is 4.71. The van der Waals surface area contributed by atoms with Gasteiger partial charge in [0, 0.05) is 11.6 Å². The highest BCUT2D eigenvalue weighted by atomic mass is 32.2. The molecule has 82 valence electrons. The molecule has 0 bridgehead atoms. The second kappa shape index (κ2) is 4.40. The molecule has 1 heterocycles. The van der Waals surface area contributed by atoms with Crippen molar-refractivity contribution in [2.45, 2.75) is 5.16 Å². The lowest BCUT2D eigenvalue weighted by Gasteiger charge is -2.06. The van der Waals surface area contributed by atoms with Gasteiger partial charge < -0.3 is 5.84 Å². The van der Waals surface area contributed by atoms with Crippen LogP contribution in [-0.2, 0) is 0 Å². The van der Waals surface area contributed by atoms with Crippen molar-refractivity contribution in [2.75, 3.05) is 12.1 Å². The summed E-state index contributed by atoms with van der Waals surface area (Å²) < 4.78 is 1.05. The fourth-order valence-electron chi connectivity index (χ4n) is 1.37. The summed E-state index contributed by atoms with van der Waals surface area (Å²) in [6.45, 7) is 0. The predicted molar refractivity (Wildman–Crippen MR) is 65.9 cm³/mol. The topological polar surface area (TPSA) is 60.9 Å². The number of nitrogens with two attached hydrogens (primary N) is 1. The van der Waals surface area contributed by atoms with Gasteiger partial charge >= 0.3 is 0 Å². The van der Waals surface area contributed by atoms with Crippen LogP contribution in [0.4, 0.5) is 0 Å². The maximum atomic E-state index is 11.6. The second-order valence-electron chi connectivity index (χ2n) is 3.20. The number of nitrogen functional groups attached to an aromatic ring is 1. The minimum Gasteiger partial charge on any atom is -0.334 e. The first-order chi connectivity index (χ1) is 7.72. The fraction of sp³-hybridized carbons (Fsp3) is 0.0909. The zero-order valence-corrected chi connectivity index (χ0v) is 9.57. The van der Waals surface area contributed by atoms with Gasteiger partial charge in [-0.3, -0.25) is 4.79 Å². The Morgan fingerprint density at radius 3 is 2.62 bits per heavy atom. The third-order valence-electron chi connectivity index (χ3n) is 2.17. The Balaban J connectivity index is 2.60. The molecule has 2 N–H and O–H groups in total. The van der Waals surface area contributed by atoms with Crippen LogP contribution in [0.1, 0.15) is 0 Å². The van der Waals surface area contributed by atoms with Gasteiger partial charge in [0.05, 0.1) is 5.69 Å². The van der Waals surface area contributed by atoms with Crippen molar-refractivity contribution in [1.82, 2.24) is 9.66 Å². The van der Waals surface area contributed by atoms with Crippen LogP contribution >= 0.6 is 11.8 Å². The van der Waals surface area contributed by atoms with Gasteiger partial charge in [-0.25, -0.2) is 9.66 Å². The maximum Gasteiger partial charge on any atom is 0.273 e. The standard InChI is InChI=1S/C11H11N3OS/c1-16-11-13-9(7-10(15)14(11)12)8-5-3-2-4-6-8/h2-7H,12H2,1H3. The molecule has 0 aliphatic rings. The van der Waals surface area contributed by atoms with Crippen molar-refractivity contribution in [1.29, 1.82) is 0 Å². The Hall–Kier alpha value is -1.75. The lowest BCUT2D eigenvalue weighted by atomic mass is 10.1. The van der Waals surface area contributed by atoms with Crippen molar-refractivity contribution < 1.29 is 0 Å². The van der Waals surface area contributed by atoms with Crippen molar-refractivity contribution >= 4 is 11.8 Å². The molecule has 0 radical (unpaired) electrons. The molecule has 0 spiro atoms. The van der Waals surface area contributed by atoms with E-state index < -0.39 is 0 Å².